The number of aromatic nitrogens is 3. The third kappa shape index (κ3) is 2.85. The Labute approximate surface area is 128 Å². The zero-order valence-electron chi connectivity index (χ0n) is 12.7. The molecule has 1 aromatic carbocycles. The van der Waals surface area contributed by atoms with E-state index in [9.17, 15) is 9.18 Å². The first-order valence-electron chi connectivity index (χ1n) is 7.22. The number of carbonyl (C=O) groups excluding carboxylic acids is 1. The number of halogens is 1. The number of amides is 1. The van der Waals surface area contributed by atoms with Crippen LogP contribution in [0.15, 0.2) is 24.3 Å². The molecule has 1 amide bonds. The van der Waals surface area contributed by atoms with Crippen LogP contribution in [0.2, 0.25) is 0 Å². The molecule has 0 bridgehead atoms. The molecule has 6 nitrogen and oxygen atoms in total. The molecule has 1 saturated heterocycles. The van der Waals surface area contributed by atoms with Gasteiger partial charge < -0.3 is 9.80 Å². The summed E-state index contributed by atoms with van der Waals surface area (Å²) in [4.78, 5) is 17.9. The normalized spacial score (nSPS) is 16.0. The minimum atomic E-state index is -0.318. The minimum absolute atomic E-state index is 0.0982. The molecule has 22 heavy (non-hydrogen) atoms. The van der Waals surface area contributed by atoms with Crippen molar-refractivity contribution in [2.45, 2.75) is 6.92 Å². The first-order valence-corrected chi connectivity index (χ1v) is 7.22. The van der Waals surface area contributed by atoms with Crippen molar-refractivity contribution < 1.29 is 9.18 Å². The number of likely N-dealkylation sites (N-methyl/N-ethyl adjacent to an activating group) is 1. The molecule has 0 unspecified atom stereocenters. The SMILES string of the molecule is Cc1nn(-c2ccc(F)cc2)nc1C(=O)N1CCN(C)CC1. The highest BCUT2D eigenvalue weighted by Gasteiger charge is 2.25. The Kier molecular flexibility index (Phi) is 3.89. The van der Waals surface area contributed by atoms with E-state index in [2.05, 4.69) is 15.1 Å². The van der Waals surface area contributed by atoms with Crippen LogP contribution in [-0.4, -0.2) is 63.9 Å². The van der Waals surface area contributed by atoms with E-state index in [0.29, 0.717) is 30.2 Å². The average Bonchev–Trinajstić information content (AvgIpc) is 2.90. The number of carbonyl (C=O) groups is 1. The molecule has 0 N–H and O–H groups in total. The predicted octanol–water partition coefficient (Wildman–Crippen LogP) is 1.10. The van der Waals surface area contributed by atoms with Crippen molar-refractivity contribution in [3.8, 4) is 5.69 Å². The molecular formula is C15H18FN5O. The molecular weight excluding hydrogens is 285 g/mol. The van der Waals surface area contributed by atoms with E-state index in [-0.39, 0.29) is 11.7 Å². The maximum atomic E-state index is 13.0. The summed E-state index contributed by atoms with van der Waals surface area (Å²) in [6.45, 7) is 4.86. The number of hydrogen-bond donors (Lipinski definition) is 0. The largest absolute Gasteiger partial charge is 0.335 e. The molecule has 1 aliphatic rings. The van der Waals surface area contributed by atoms with Crippen LogP contribution >= 0.6 is 0 Å². The van der Waals surface area contributed by atoms with Gasteiger partial charge in [-0.25, -0.2) is 4.39 Å². The Balaban J connectivity index is 1.83. The van der Waals surface area contributed by atoms with Crippen molar-refractivity contribution in [3.63, 3.8) is 0 Å². The van der Waals surface area contributed by atoms with Gasteiger partial charge in [-0.15, -0.1) is 5.10 Å². The quantitative estimate of drug-likeness (QED) is 0.834. The highest BCUT2D eigenvalue weighted by molar-refractivity contribution is 5.93. The van der Waals surface area contributed by atoms with Crippen LogP contribution in [0.25, 0.3) is 5.69 Å². The molecule has 1 aliphatic heterocycles. The van der Waals surface area contributed by atoms with Gasteiger partial charge in [-0.1, -0.05) is 0 Å². The highest BCUT2D eigenvalue weighted by atomic mass is 19.1. The van der Waals surface area contributed by atoms with Gasteiger partial charge in [-0.2, -0.15) is 9.90 Å². The number of piperazine rings is 1. The summed E-state index contributed by atoms with van der Waals surface area (Å²) in [6.07, 6.45) is 0. The predicted molar refractivity (Wildman–Crippen MR) is 79.5 cm³/mol. The Bertz CT molecular complexity index is 674. The molecule has 7 heteroatoms. The summed E-state index contributed by atoms with van der Waals surface area (Å²) in [5.74, 6) is -0.416. The lowest BCUT2D eigenvalue weighted by Crippen LogP contribution is -2.47. The zero-order chi connectivity index (χ0) is 15.7. The Morgan fingerprint density at radius 3 is 2.36 bits per heavy atom. The van der Waals surface area contributed by atoms with Crippen LogP contribution < -0.4 is 0 Å². The van der Waals surface area contributed by atoms with E-state index in [1.807, 2.05) is 7.05 Å². The van der Waals surface area contributed by atoms with E-state index in [1.165, 1.54) is 16.9 Å². The molecule has 0 aliphatic carbocycles. The fourth-order valence-corrected chi connectivity index (χ4v) is 2.43. The Morgan fingerprint density at radius 1 is 1.09 bits per heavy atom. The maximum Gasteiger partial charge on any atom is 0.276 e. The summed E-state index contributed by atoms with van der Waals surface area (Å²) < 4.78 is 13.0. The third-order valence-corrected chi connectivity index (χ3v) is 3.83. The Morgan fingerprint density at radius 2 is 1.73 bits per heavy atom. The lowest BCUT2D eigenvalue weighted by atomic mass is 10.2. The number of benzene rings is 1. The maximum absolute atomic E-state index is 13.0. The van der Waals surface area contributed by atoms with Crippen LogP contribution in [0.1, 0.15) is 16.2 Å². The average molecular weight is 303 g/mol. The van der Waals surface area contributed by atoms with E-state index in [4.69, 9.17) is 0 Å². The van der Waals surface area contributed by atoms with Gasteiger partial charge in [0, 0.05) is 26.2 Å². The zero-order valence-corrected chi connectivity index (χ0v) is 12.7. The molecule has 0 atom stereocenters. The van der Waals surface area contributed by atoms with Crippen LogP contribution in [0, 0.1) is 12.7 Å². The second-order valence-corrected chi connectivity index (χ2v) is 5.50. The summed E-state index contributed by atoms with van der Waals surface area (Å²) >= 11 is 0. The molecule has 0 spiro atoms. The Hall–Kier alpha value is -2.28. The molecule has 0 radical (unpaired) electrons. The van der Waals surface area contributed by atoms with Crippen LogP contribution in [0.5, 0.6) is 0 Å². The second-order valence-electron chi connectivity index (χ2n) is 5.50. The number of aryl methyl sites for hydroxylation is 1. The summed E-state index contributed by atoms with van der Waals surface area (Å²) in [5.41, 5.74) is 1.56. The number of hydrogen-bond acceptors (Lipinski definition) is 4. The minimum Gasteiger partial charge on any atom is -0.335 e. The lowest BCUT2D eigenvalue weighted by molar-refractivity contribution is 0.0657. The topological polar surface area (TPSA) is 54.3 Å². The van der Waals surface area contributed by atoms with Gasteiger partial charge in [0.05, 0.1) is 11.4 Å². The smallest absolute Gasteiger partial charge is 0.276 e. The van der Waals surface area contributed by atoms with Gasteiger partial charge in [0.25, 0.3) is 5.91 Å². The molecule has 0 saturated carbocycles. The van der Waals surface area contributed by atoms with Crippen molar-refractivity contribution in [2.24, 2.45) is 0 Å². The molecule has 1 aromatic heterocycles. The van der Waals surface area contributed by atoms with Crippen LogP contribution in [0.4, 0.5) is 4.39 Å². The lowest BCUT2D eigenvalue weighted by Gasteiger charge is -2.31. The molecule has 2 aromatic rings. The fraction of sp³-hybridized carbons (Fsp3) is 0.400. The van der Waals surface area contributed by atoms with Gasteiger partial charge in [-0.3, -0.25) is 4.79 Å². The summed E-state index contributed by atoms with van der Waals surface area (Å²) in [7, 11) is 2.04. The fourth-order valence-electron chi connectivity index (χ4n) is 2.43. The van der Waals surface area contributed by atoms with Gasteiger partial charge in [0.1, 0.15) is 5.82 Å². The second kappa shape index (κ2) is 5.84. The third-order valence-electron chi connectivity index (χ3n) is 3.83. The highest BCUT2D eigenvalue weighted by Crippen LogP contribution is 2.12. The molecule has 3 rings (SSSR count). The standard InChI is InChI=1S/C15H18FN5O/c1-11-14(15(22)20-9-7-19(2)8-10-20)18-21(17-11)13-5-3-12(16)4-6-13/h3-6H,7-10H2,1-2H3. The molecule has 2 heterocycles. The monoisotopic (exact) mass is 303 g/mol. The van der Waals surface area contributed by atoms with Crippen molar-refractivity contribution in [3.05, 3.63) is 41.5 Å². The van der Waals surface area contributed by atoms with Crippen LogP contribution in [0.3, 0.4) is 0 Å². The molecule has 1 fully saturated rings. The number of nitrogens with zero attached hydrogens (tertiary/aromatic N) is 5. The first kappa shape index (κ1) is 14.6. The first-order chi connectivity index (χ1) is 10.5. The van der Waals surface area contributed by atoms with Crippen molar-refractivity contribution in [2.75, 3.05) is 33.2 Å². The van der Waals surface area contributed by atoms with Crippen molar-refractivity contribution in [1.82, 2.24) is 24.8 Å². The molecule has 116 valence electrons. The van der Waals surface area contributed by atoms with E-state index in [1.54, 1.807) is 24.0 Å². The van der Waals surface area contributed by atoms with E-state index in [0.717, 1.165) is 13.1 Å². The van der Waals surface area contributed by atoms with Crippen LogP contribution in [-0.2, 0) is 0 Å². The summed E-state index contributed by atoms with van der Waals surface area (Å²) in [5, 5.41) is 8.55. The van der Waals surface area contributed by atoms with Gasteiger partial charge in [0.2, 0.25) is 0 Å². The van der Waals surface area contributed by atoms with Crippen molar-refractivity contribution >= 4 is 5.91 Å². The summed E-state index contributed by atoms with van der Waals surface area (Å²) in [6, 6.07) is 5.85. The van der Waals surface area contributed by atoms with E-state index < -0.39 is 0 Å². The van der Waals surface area contributed by atoms with Crippen molar-refractivity contribution in [1.29, 1.82) is 0 Å². The van der Waals surface area contributed by atoms with Gasteiger partial charge >= 0.3 is 0 Å². The van der Waals surface area contributed by atoms with Gasteiger partial charge in [0.15, 0.2) is 5.69 Å². The van der Waals surface area contributed by atoms with E-state index >= 15 is 0 Å². The number of rotatable bonds is 2. The van der Waals surface area contributed by atoms with Gasteiger partial charge in [-0.05, 0) is 38.2 Å².